The molecule has 1 heterocycles. The van der Waals surface area contributed by atoms with E-state index in [1.165, 1.54) is 23.5 Å². The van der Waals surface area contributed by atoms with Crippen LogP contribution in [0.2, 0.25) is 0 Å². The Labute approximate surface area is 208 Å². The molecule has 0 aliphatic carbocycles. The van der Waals surface area contributed by atoms with Crippen molar-refractivity contribution in [3.8, 4) is 5.75 Å². The standard InChI is InChI=1S/C23H29N5O5S2/c1-14(22(31)16-5-8-20(29)19(11-16)28-35(2,32)33)25-10-9-15-3-6-17(7-4-15)26-21(30)12-18-13-34-23(24)27-18/h3-8,11,13-14,22,25,28-29,31H,9-10,12H2,1-2H3,(H2,24,27)(H,26,30). The number of phenols is 1. The number of carbonyl (C=O) groups is 1. The van der Waals surface area contributed by atoms with Gasteiger partial charge in [0.05, 0.1) is 30.2 Å². The minimum absolute atomic E-state index is 0.0131. The fraction of sp³-hybridized carbons (Fsp3) is 0.304. The molecule has 7 N–H and O–H groups in total. The molecule has 35 heavy (non-hydrogen) atoms. The molecule has 3 aromatic rings. The zero-order chi connectivity index (χ0) is 25.6. The average molecular weight is 520 g/mol. The minimum Gasteiger partial charge on any atom is -0.506 e. The Morgan fingerprint density at radius 2 is 1.91 bits per heavy atom. The Morgan fingerprint density at radius 1 is 1.20 bits per heavy atom. The molecular formula is C23H29N5O5S2. The molecule has 12 heteroatoms. The number of hydrogen-bond donors (Lipinski definition) is 6. The first-order valence-electron chi connectivity index (χ1n) is 10.8. The number of amides is 1. The molecule has 0 saturated heterocycles. The van der Waals surface area contributed by atoms with Gasteiger partial charge in [-0.25, -0.2) is 13.4 Å². The molecule has 2 atom stereocenters. The van der Waals surface area contributed by atoms with Gasteiger partial charge in [-0.3, -0.25) is 9.52 Å². The summed E-state index contributed by atoms with van der Waals surface area (Å²) < 4.78 is 25.2. The summed E-state index contributed by atoms with van der Waals surface area (Å²) >= 11 is 1.30. The third-order valence-electron chi connectivity index (χ3n) is 5.16. The lowest BCUT2D eigenvalue weighted by molar-refractivity contribution is -0.115. The lowest BCUT2D eigenvalue weighted by atomic mass is 10.0. The zero-order valence-corrected chi connectivity index (χ0v) is 21.0. The van der Waals surface area contributed by atoms with Gasteiger partial charge in [0.1, 0.15) is 5.75 Å². The molecule has 0 spiro atoms. The van der Waals surface area contributed by atoms with Gasteiger partial charge >= 0.3 is 0 Å². The van der Waals surface area contributed by atoms with Crippen molar-refractivity contribution in [3.05, 3.63) is 64.7 Å². The fourth-order valence-electron chi connectivity index (χ4n) is 3.39. The maximum Gasteiger partial charge on any atom is 0.230 e. The molecule has 1 amide bonds. The summed E-state index contributed by atoms with van der Waals surface area (Å²) in [6.07, 6.45) is 0.924. The van der Waals surface area contributed by atoms with Crippen molar-refractivity contribution < 1.29 is 23.4 Å². The molecule has 0 radical (unpaired) electrons. The number of aromatic hydroxyl groups is 1. The predicted molar refractivity (Wildman–Crippen MR) is 138 cm³/mol. The van der Waals surface area contributed by atoms with Gasteiger partial charge in [0, 0.05) is 17.1 Å². The van der Waals surface area contributed by atoms with E-state index in [4.69, 9.17) is 5.73 Å². The number of anilines is 3. The Kier molecular flexibility index (Phi) is 8.67. The SMILES string of the molecule is CC(NCCc1ccc(NC(=O)Cc2csc(N)n2)cc1)C(O)c1ccc(O)c(NS(C)(=O)=O)c1. The smallest absolute Gasteiger partial charge is 0.230 e. The largest absolute Gasteiger partial charge is 0.506 e. The number of benzene rings is 2. The van der Waals surface area contributed by atoms with Gasteiger partial charge in [0.15, 0.2) is 5.13 Å². The first-order valence-corrected chi connectivity index (χ1v) is 13.6. The van der Waals surface area contributed by atoms with Crippen LogP contribution in [-0.2, 0) is 27.7 Å². The molecule has 0 bridgehead atoms. The van der Waals surface area contributed by atoms with Crippen molar-refractivity contribution in [3.63, 3.8) is 0 Å². The van der Waals surface area contributed by atoms with E-state index in [1.807, 2.05) is 31.2 Å². The number of carbonyl (C=O) groups excluding carboxylic acids is 1. The van der Waals surface area contributed by atoms with Crippen LogP contribution in [0.3, 0.4) is 0 Å². The lowest BCUT2D eigenvalue weighted by Crippen LogP contribution is -2.33. The number of thiazole rings is 1. The van der Waals surface area contributed by atoms with Crippen LogP contribution in [0, 0.1) is 0 Å². The molecule has 0 fully saturated rings. The first kappa shape index (κ1) is 26.4. The summed E-state index contributed by atoms with van der Waals surface area (Å²) in [4.78, 5) is 16.2. The van der Waals surface area contributed by atoms with Gasteiger partial charge < -0.3 is 26.6 Å². The van der Waals surface area contributed by atoms with E-state index in [1.54, 1.807) is 11.4 Å². The number of nitrogen functional groups attached to an aromatic ring is 1. The minimum atomic E-state index is -3.57. The van der Waals surface area contributed by atoms with E-state index in [2.05, 4.69) is 20.3 Å². The quantitative estimate of drug-likeness (QED) is 0.210. The van der Waals surface area contributed by atoms with Crippen LogP contribution < -0.4 is 21.1 Å². The monoisotopic (exact) mass is 519 g/mol. The number of nitrogens with two attached hydrogens (primary N) is 1. The predicted octanol–water partition coefficient (Wildman–Crippen LogP) is 2.24. The molecule has 1 aromatic heterocycles. The van der Waals surface area contributed by atoms with E-state index in [9.17, 15) is 23.4 Å². The molecule has 0 aliphatic heterocycles. The van der Waals surface area contributed by atoms with E-state index in [-0.39, 0.29) is 29.8 Å². The molecule has 2 unspecified atom stereocenters. The molecule has 10 nitrogen and oxygen atoms in total. The van der Waals surface area contributed by atoms with E-state index in [0.717, 1.165) is 11.8 Å². The lowest BCUT2D eigenvalue weighted by Gasteiger charge is -2.21. The molecule has 3 rings (SSSR count). The molecule has 0 saturated carbocycles. The first-order chi connectivity index (χ1) is 16.5. The van der Waals surface area contributed by atoms with E-state index < -0.39 is 16.1 Å². The number of phenolic OH excluding ortho intramolecular Hbond substituents is 1. The summed E-state index contributed by atoms with van der Waals surface area (Å²) in [7, 11) is -3.57. The van der Waals surface area contributed by atoms with Gasteiger partial charge in [0.25, 0.3) is 0 Å². The van der Waals surface area contributed by atoms with Crippen LogP contribution in [0.5, 0.6) is 5.75 Å². The second kappa shape index (κ2) is 11.5. The molecule has 0 aliphatic rings. The number of sulfonamides is 1. The van der Waals surface area contributed by atoms with E-state index in [0.29, 0.717) is 35.0 Å². The number of nitrogens with zero attached hydrogens (tertiary/aromatic N) is 1. The highest BCUT2D eigenvalue weighted by Gasteiger charge is 2.18. The summed E-state index contributed by atoms with van der Waals surface area (Å²) in [5.41, 5.74) is 8.44. The summed E-state index contributed by atoms with van der Waals surface area (Å²) in [6, 6.07) is 11.5. The van der Waals surface area contributed by atoms with Crippen molar-refractivity contribution in [2.24, 2.45) is 0 Å². The average Bonchev–Trinajstić information content (AvgIpc) is 3.19. The summed E-state index contributed by atoms with van der Waals surface area (Å²) in [5.74, 6) is -0.392. The topological polar surface area (TPSA) is 167 Å². The number of nitrogens with one attached hydrogen (secondary N) is 3. The second-order valence-electron chi connectivity index (χ2n) is 8.19. The third kappa shape index (κ3) is 8.21. The molecule has 2 aromatic carbocycles. The van der Waals surface area contributed by atoms with Crippen LogP contribution in [0.15, 0.2) is 47.8 Å². The number of hydrogen-bond acceptors (Lipinski definition) is 9. The number of aliphatic hydroxyl groups is 1. The van der Waals surface area contributed by atoms with Crippen molar-refractivity contribution in [2.75, 3.05) is 28.6 Å². The van der Waals surface area contributed by atoms with Crippen LogP contribution in [-0.4, -0.2) is 48.4 Å². The number of rotatable bonds is 11. The zero-order valence-electron chi connectivity index (χ0n) is 19.4. The number of aliphatic hydroxyl groups excluding tert-OH is 1. The Morgan fingerprint density at radius 3 is 2.54 bits per heavy atom. The van der Waals surface area contributed by atoms with E-state index >= 15 is 0 Å². The Hall–Kier alpha value is -3.19. The van der Waals surface area contributed by atoms with Gasteiger partial charge in [-0.1, -0.05) is 18.2 Å². The van der Waals surface area contributed by atoms with Crippen LogP contribution >= 0.6 is 11.3 Å². The summed E-state index contributed by atoms with van der Waals surface area (Å²) in [6.45, 7) is 2.40. The maximum atomic E-state index is 12.1. The highest BCUT2D eigenvalue weighted by Crippen LogP contribution is 2.29. The summed E-state index contributed by atoms with van der Waals surface area (Å²) in [5, 5.41) is 28.8. The van der Waals surface area contributed by atoms with Gasteiger partial charge in [-0.15, -0.1) is 11.3 Å². The maximum absolute atomic E-state index is 12.1. The van der Waals surface area contributed by atoms with Gasteiger partial charge in [-0.2, -0.15) is 0 Å². The normalized spacial score (nSPS) is 13.2. The number of aromatic nitrogens is 1. The fourth-order valence-corrected chi connectivity index (χ4v) is 4.52. The Bertz CT molecular complexity index is 1260. The van der Waals surface area contributed by atoms with Crippen LogP contribution in [0.4, 0.5) is 16.5 Å². The van der Waals surface area contributed by atoms with Crippen molar-refractivity contribution in [2.45, 2.75) is 31.9 Å². The van der Waals surface area contributed by atoms with Crippen molar-refractivity contribution >= 4 is 43.8 Å². The van der Waals surface area contributed by atoms with Gasteiger partial charge in [0.2, 0.25) is 15.9 Å². The van der Waals surface area contributed by atoms with Gasteiger partial charge in [-0.05, 0) is 55.3 Å². The highest BCUT2D eigenvalue weighted by molar-refractivity contribution is 7.92. The van der Waals surface area contributed by atoms with Crippen LogP contribution in [0.25, 0.3) is 0 Å². The second-order valence-corrected chi connectivity index (χ2v) is 10.8. The third-order valence-corrected chi connectivity index (χ3v) is 6.47. The van der Waals surface area contributed by atoms with Crippen molar-refractivity contribution in [1.82, 2.24) is 10.3 Å². The Balaban J connectivity index is 1.48. The van der Waals surface area contributed by atoms with Crippen LogP contribution in [0.1, 0.15) is 29.8 Å². The molecular weight excluding hydrogens is 490 g/mol. The molecule has 188 valence electrons. The highest BCUT2D eigenvalue weighted by atomic mass is 32.2. The van der Waals surface area contributed by atoms with Crippen molar-refractivity contribution in [1.29, 1.82) is 0 Å².